The molecule has 1 aliphatic rings. The van der Waals surface area contributed by atoms with Crippen LogP contribution in [0.15, 0.2) is 18.2 Å². The lowest BCUT2D eigenvalue weighted by Gasteiger charge is -2.15. The maximum Gasteiger partial charge on any atom is 0.275 e. The lowest BCUT2D eigenvalue weighted by atomic mass is 9.45. The number of aromatic nitrogens is 2. The van der Waals surface area contributed by atoms with Gasteiger partial charge < -0.3 is 5.73 Å². The summed E-state index contributed by atoms with van der Waals surface area (Å²) >= 11 is 0. The summed E-state index contributed by atoms with van der Waals surface area (Å²) in [5, 5.41) is 13.6. The molecule has 1 aromatic carbocycles. The fourth-order valence-electron chi connectivity index (χ4n) is 2.87. The molecule has 1 amide bonds. The zero-order valence-corrected chi connectivity index (χ0v) is 12.1. The van der Waals surface area contributed by atoms with E-state index in [2.05, 4.69) is 11.1 Å². The molecule has 0 unspecified atom stereocenters. The van der Waals surface area contributed by atoms with E-state index in [9.17, 15) is 9.18 Å². The Labute approximate surface area is 127 Å². The molecule has 110 valence electrons. The number of rotatable bonds is 2. The van der Waals surface area contributed by atoms with E-state index in [1.807, 2.05) is 0 Å². The molecule has 3 rings (SSSR count). The standard InChI is InChI=1S/C15H14BFN4O/c1-9-6-10(2-3-11(9)17)14-13(15(19)22)12-7-16(8-18)4-5-21(12)20-14/h2-3,6H,4-5,7H2,1H3,(H2,19,22). The lowest BCUT2D eigenvalue weighted by molar-refractivity contribution is 0.1000. The average molecular weight is 296 g/mol. The van der Waals surface area contributed by atoms with Crippen LogP contribution in [-0.2, 0) is 12.9 Å². The van der Waals surface area contributed by atoms with Crippen LogP contribution in [0.4, 0.5) is 4.39 Å². The minimum absolute atomic E-state index is 0.134. The Kier molecular flexibility index (Phi) is 3.45. The predicted molar refractivity (Wildman–Crippen MR) is 80.8 cm³/mol. The number of nitrogens with zero attached hydrogens (tertiary/aromatic N) is 3. The molecule has 1 aliphatic heterocycles. The van der Waals surface area contributed by atoms with Crippen molar-refractivity contribution >= 4 is 12.6 Å². The molecule has 0 fully saturated rings. The number of nitrogens with two attached hydrogens (primary N) is 1. The second-order valence-corrected chi connectivity index (χ2v) is 5.54. The Morgan fingerprint density at radius 1 is 1.55 bits per heavy atom. The fourth-order valence-corrected chi connectivity index (χ4v) is 2.87. The number of hydrogen-bond acceptors (Lipinski definition) is 3. The van der Waals surface area contributed by atoms with E-state index in [4.69, 9.17) is 11.0 Å². The van der Waals surface area contributed by atoms with E-state index >= 15 is 0 Å². The summed E-state index contributed by atoms with van der Waals surface area (Å²) in [5.74, 6) is 1.35. The fraction of sp³-hybridized carbons (Fsp3) is 0.267. The van der Waals surface area contributed by atoms with Crippen molar-refractivity contribution in [3.05, 3.63) is 40.8 Å². The van der Waals surface area contributed by atoms with Gasteiger partial charge in [0.15, 0.2) is 0 Å². The van der Waals surface area contributed by atoms with Crippen molar-refractivity contribution in [1.29, 1.82) is 5.26 Å². The van der Waals surface area contributed by atoms with Crippen molar-refractivity contribution in [3.63, 3.8) is 0 Å². The van der Waals surface area contributed by atoms with Crippen molar-refractivity contribution in [3.8, 4) is 17.2 Å². The number of carbonyl (C=O) groups excluding carboxylic acids is 1. The highest BCUT2D eigenvalue weighted by molar-refractivity contribution is 6.66. The predicted octanol–water partition coefficient (Wildman–Crippen LogP) is 1.75. The minimum Gasteiger partial charge on any atom is -0.365 e. The van der Waals surface area contributed by atoms with Crippen LogP contribution in [-0.4, -0.2) is 22.4 Å². The summed E-state index contributed by atoms with van der Waals surface area (Å²) in [6.45, 7) is 2.10. The van der Waals surface area contributed by atoms with E-state index in [0.29, 0.717) is 47.3 Å². The molecule has 0 spiro atoms. The Balaban J connectivity index is 2.16. The number of benzene rings is 1. The minimum atomic E-state index is -0.572. The molecule has 7 heteroatoms. The number of hydrogen-bond donors (Lipinski definition) is 1. The van der Waals surface area contributed by atoms with E-state index in [0.717, 1.165) is 0 Å². The first-order valence-electron chi connectivity index (χ1n) is 7.07. The third-order valence-corrected chi connectivity index (χ3v) is 4.05. The first kappa shape index (κ1) is 14.3. The molecule has 0 radical (unpaired) electrons. The van der Waals surface area contributed by atoms with Gasteiger partial charge in [0.2, 0.25) is 0 Å². The highest BCUT2D eigenvalue weighted by atomic mass is 19.1. The third kappa shape index (κ3) is 2.27. The summed E-state index contributed by atoms with van der Waals surface area (Å²) in [6.07, 6.45) is 1.16. The number of nitriles is 1. The molecule has 0 saturated heterocycles. The summed E-state index contributed by atoms with van der Waals surface area (Å²) in [6, 6.07) is 4.59. The second kappa shape index (κ2) is 5.30. The molecule has 22 heavy (non-hydrogen) atoms. The summed E-state index contributed by atoms with van der Waals surface area (Å²) in [4.78, 5) is 11.9. The quantitative estimate of drug-likeness (QED) is 0.857. The normalized spacial score (nSPS) is 13.6. The van der Waals surface area contributed by atoms with Gasteiger partial charge in [-0.05, 0) is 43.3 Å². The summed E-state index contributed by atoms with van der Waals surface area (Å²) < 4.78 is 15.2. The van der Waals surface area contributed by atoms with Crippen LogP contribution in [0.25, 0.3) is 11.3 Å². The Hall–Kier alpha value is -2.62. The Morgan fingerprint density at radius 3 is 2.95 bits per heavy atom. The van der Waals surface area contributed by atoms with Crippen LogP contribution in [0.2, 0.25) is 6.32 Å². The van der Waals surface area contributed by atoms with Crippen LogP contribution < -0.4 is 5.73 Å². The van der Waals surface area contributed by atoms with Gasteiger partial charge in [0, 0.05) is 23.8 Å². The van der Waals surface area contributed by atoms with Crippen LogP contribution in [0.1, 0.15) is 21.6 Å². The molecular formula is C15H14BFN4O. The number of amides is 1. The van der Waals surface area contributed by atoms with E-state index in [1.54, 1.807) is 23.7 Å². The molecule has 0 aliphatic carbocycles. The van der Waals surface area contributed by atoms with Gasteiger partial charge in [0.1, 0.15) is 11.5 Å². The zero-order chi connectivity index (χ0) is 15.9. The van der Waals surface area contributed by atoms with Gasteiger partial charge in [0.25, 0.3) is 12.6 Å². The molecule has 0 atom stereocenters. The monoisotopic (exact) mass is 296 g/mol. The third-order valence-electron chi connectivity index (χ3n) is 4.05. The maximum absolute atomic E-state index is 13.4. The molecule has 0 saturated carbocycles. The Bertz CT molecular complexity index is 809. The van der Waals surface area contributed by atoms with Crippen molar-refractivity contribution < 1.29 is 9.18 Å². The van der Waals surface area contributed by atoms with Gasteiger partial charge in [-0.1, -0.05) is 0 Å². The van der Waals surface area contributed by atoms with E-state index in [-0.39, 0.29) is 12.5 Å². The largest absolute Gasteiger partial charge is 0.365 e. The number of halogens is 1. The van der Waals surface area contributed by atoms with Gasteiger partial charge in [0.05, 0.1) is 5.56 Å². The molecule has 2 N–H and O–H groups in total. The second-order valence-electron chi connectivity index (χ2n) is 5.54. The van der Waals surface area contributed by atoms with Crippen molar-refractivity contribution in [1.82, 2.24) is 9.78 Å². The number of carbonyl (C=O) groups is 1. The summed E-state index contributed by atoms with van der Waals surface area (Å²) in [5.41, 5.74) is 8.16. The highest BCUT2D eigenvalue weighted by Crippen LogP contribution is 2.29. The zero-order valence-electron chi connectivity index (χ0n) is 12.1. The van der Waals surface area contributed by atoms with E-state index in [1.165, 1.54) is 6.07 Å². The maximum atomic E-state index is 13.4. The molecule has 0 bridgehead atoms. The Morgan fingerprint density at radius 2 is 2.32 bits per heavy atom. The molecular weight excluding hydrogens is 282 g/mol. The van der Waals surface area contributed by atoms with Crippen molar-refractivity contribution in [2.75, 3.05) is 0 Å². The average Bonchev–Trinajstić information content (AvgIpc) is 2.88. The van der Waals surface area contributed by atoms with Crippen LogP contribution >= 0.6 is 0 Å². The van der Waals surface area contributed by atoms with Gasteiger partial charge in [-0.15, -0.1) is 0 Å². The molecule has 2 heterocycles. The smallest absolute Gasteiger partial charge is 0.275 e. The van der Waals surface area contributed by atoms with Crippen molar-refractivity contribution in [2.45, 2.75) is 26.1 Å². The van der Waals surface area contributed by atoms with Gasteiger partial charge in [-0.25, -0.2) is 9.65 Å². The van der Waals surface area contributed by atoms with Crippen LogP contribution in [0.5, 0.6) is 0 Å². The van der Waals surface area contributed by atoms with Gasteiger partial charge in [-0.2, -0.15) is 5.10 Å². The molecule has 2 aromatic rings. The van der Waals surface area contributed by atoms with Crippen LogP contribution in [0.3, 0.4) is 0 Å². The summed E-state index contributed by atoms with van der Waals surface area (Å²) in [7, 11) is 0. The number of fused-ring (bicyclic) bond motifs is 1. The highest BCUT2D eigenvalue weighted by Gasteiger charge is 2.30. The lowest BCUT2D eigenvalue weighted by Crippen LogP contribution is -2.28. The van der Waals surface area contributed by atoms with Crippen LogP contribution in [0, 0.1) is 24.0 Å². The van der Waals surface area contributed by atoms with Gasteiger partial charge in [-0.3, -0.25) is 9.48 Å². The van der Waals surface area contributed by atoms with Crippen molar-refractivity contribution in [2.24, 2.45) is 5.73 Å². The first-order chi connectivity index (χ1) is 10.5. The molecule has 1 aromatic heterocycles. The SMILES string of the molecule is Cc1cc(-c2nn3c(c2C(N)=O)CB(C#N)CC3)ccc1F. The molecule has 5 nitrogen and oxygen atoms in total. The number of primary amides is 1. The van der Waals surface area contributed by atoms with E-state index < -0.39 is 5.91 Å². The topological polar surface area (TPSA) is 84.7 Å². The first-order valence-corrected chi connectivity index (χ1v) is 7.07. The number of aryl methyl sites for hydroxylation is 2. The van der Waals surface area contributed by atoms with Gasteiger partial charge >= 0.3 is 0 Å².